The summed E-state index contributed by atoms with van der Waals surface area (Å²) in [6.07, 6.45) is 5.24. The number of fused-ring (bicyclic) bond motifs is 4. The van der Waals surface area contributed by atoms with Crippen LogP contribution in [0.25, 0.3) is 0 Å². The van der Waals surface area contributed by atoms with E-state index < -0.39 is 23.0 Å². The standard InChI is InChI=1S/C33H36F2N4O5/c1-43-14-13-37(17-23-11-12-24(34)15-26(23)35)32(41)25-18-38-19-28-36-16-22-9-5-6-10-27(22)39(28)33(42)29(38)31(30(25)40)44-20-21-7-3-2-4-8-21/h2-4,7-8,11-12,15,18,22,27-28,36H,5-6,9-10,13-14,16-17,19-20H2,1H3/t22-,27-,28-/m0/s1. The van der Waals surface area contributed by atoms with Gasteiger partial charge in [-0.3, -0.25) is 19.7 Å². The molecule has 1 saturated heterocycles. The van der Waals surface area contributed by atoms with Crippen LogP contribution in [0.5, 0.6) is 5.75 Å². The minimum absolute atomic E-state index is 0.0237. The van der Waals surface area contributed by atoms with Gasteiger partial charge in [0, 0.05) is 50.6 Å². The Morgan fingerprint density at radius 2 is 1.89 bits per heavy atom. The average Bonchev–Trinajstić information content (AvgIpc) is 3.03. The smallest absolute Gasteiger partial charge is 0.276 e. The SMILES string of the molecule is COCCN(Cc1ccc(F)cc1F)C(=O)c1cn2c(c(OCc3ccccc3)c1=O)C(=O)N1[C@@H](C2)NC[C@@H]2CCCC[C@@H]21. The van der Waals surface area contributed by atoms with Gasteiger partial charge in [-0.05, 0) is 30.4 Å². The molecule has 0 unspecified atom stereocenters. The highest BCUT2D eigenvalue weighted by molar-refractivity contribution is 5.99. The number of methoxy groups -OCH3 is 1. The molecule has 1 N–H and O–H groups in total. The van der Waals surface area contributed by atoms with Crippen LogP contribution in [0.4, 0.5) is 8.78 Å². The molecule has 2 aliphatic heterocycles. The number of hydrogen-bond donors (Lipinski definition) is 1. The fraction of sp³-hybridized carbons (Fsp3) is 0.424. The second-order valence-electron chi connectivity index (χ2n) is 11.7. The summed E-state index contributed by atoms with van der Waals surface area (Å²) < 4.78 is 41.1. The van der Waals surface area contributed by atoms with Crippen LogP contribution in [0.15, 0.2) is 59.5 Å². The number of halogens is 2. The normalized spacial score (nSPS) is 20.8. The summed E-state index contributed by atoms with van der Waals surface area (Å²) in [5, 5.41) is 3.51. The van der Waals surface area contributed by atoms with Crippen LogP contribution in [0, 0.1) is 17.6 Å². The van der Waals surface area contributed by atoms with Crippen molar-refractivity contribution in [2.75, 3.05) is 26.8 Å². The second-order valence-corrected chi connectivity index (χ2v) is 11.7. The van der Waals surface area contributed by atoms with Crippen LogP contribution in [0.1, 0.15) is 57.7 Å². The molecule has 9 nitrogen and oxygen atoms in total. The lowest BCUT2D eigenvalue weighted by molar-refractivity contribution is -0.00365. The number of hydrogen-bond acceptors (Lipinski definition) is 6. The quantitative estimate of drug-likeness (QED) is 0.397. The lowest BCUT2D eigenvalue weighted by Gasteiger charge is -2.51. The van der Waals surface area contributed by atoms with Crippen LogP contribution >= 0.6 is 0 Å². The third-order valence-electron chi connectivity index (χ3n) is 8.91. The molecule has 3 aromatic rings. The third-order valence-corrected chi connectivity index (χ3v) is 8.91. The summed E-state index contributed by atoms with van der Waals surface area (Å²) >= 11 is 0. The maximum atomic E-state index is 14.6. The van der Waals surface area contributed by atoms with E-state index in [-0.39, 0.29) is 67.0 Å². The molecule has 0 radical (unpaired) electrons. The first-order valence-electron chi connectivity index (χ1n) is 15.1. The van der Waals surface area contributed by atoms with Crippen LogP contribution in [0.3, 0.4) is 0 Å². The Hall–Kier alpha value is -4.09. The molecular formula is C33H36F2N4O5. The zero-order chi connectivity index (χ0) is 30.8. The number of pyridine rings is 1. The van der Waals surface area contributed by atoms with Gasteiger partial charge in [0.25, 0.3) is 11.8 Å². The van der Waals surface area contributed by atoms with Crippen LogP contribution in [0.2, 0.25) is 0 Å². The van der Waals surface area contributed by atoms with Crippen molar-refractivity contribution in [3.8, 4) is 5.75 Å². The van der Waals surface area contributed by atoms with E-state index in [2.05, 4.69) is 5.32 Å². The Morgan fingerprint density at radius 3 is 2.66 bits per heavy atom. The summed E-state index contributed by atoms with van der Waals surface area (Å²) in [5.41, 5.74) is 0.0942. The summed E-state index contributed by atoms with van der Waals surface area (Å²) in [7, 11) is 1.47. The lowest BCUT2D eigenvalue weighted by Crippen LogP contribution is -2.66. The highest BCUT2D eigenvalue weighted by Crippen LogP contribution is 2.36. The van der Waals surface area contributed by atoms with E-state index in [1.165, 1.54) is 24.3 Å². The van der Waals surface area contributed by atoms with Gasteiger partial charge in [0.2, 0.25) is 5.43 Å². The molecule has 11 heteroatoms. The fourth-order valence-corrected chi connectivity index (χ4v) is 6.66. The minimum Gasteiger partial charge on any atom is -0.483 e. The van der Waals surface area contributed by atoms with Crippen molar-refractivity contribution < 1.29 is 27.8 Å². The van der Waals surface area contributed by atoms with E-state index >= 15 is 0 Å². The molecule has 0 spiro atoms. The number of aromatic nitrogens is 1. The maximum absolute atomic E-state index is 14.6. The van der Waals surface area contributed by atoms with Gasteiger partial charge in [0.1, 0.15) is 30.0 Å². The molecule has 232 valence electrons. The summed E-state index contributed by atoms with van der Waals surface area (Å²) in [5.74, 6) is -2.34. The first kappa shape index (κ1) is 30.0. The Labute approximate surface area is 254 Å². The highest BCUT2D eigenvalue weighted by Gasteiger charge is 2.46. The number of benzene rings is 2. The topological polar surface area (TPSA) is 93.1 Å². The van der Waals surface area contributed by atoms with Gasteiger partial charge in [-0.1, -0.05) is 49.2 Å². The Bertz CT molecular complexity index is 1600. The van der Waals surface area contributed by atoms with Crippen molar-refractivity contribution in [2.45, 2.75) is 57.6 Å². The summed E-state index contributed by atoms with van der Waals surface area (Å²) in [6, 6.07) is 12.5. The predicted octanol–water partition coefficient (Wildman–Crippen LogP) is 3.94. The molecule has 1 aromatic heterocycles. The molecule has 3 aliphatic rings. The van der Waals surface area contributed by atoms with Crippen molar-refractivity contribution in [2.24, 2.45) is 5.92 Å². The van der Waals surface area contributed by atoms with E-state index in [4.69, 9.17) is 9.47 Å². The van der Waals surface area contributed by atoms with Crippen LogP contribution < -0.4 is 15.5 Å². The molecule has 2 amide bonds. The predicted molar refractivity (Wildman–Crippen MR) is 158 cm³/mol. The van der Waals surface area contributed by atoms with E-state index in [0.29, 0.717) is 12.5 Å². The summed E-state index contributed by atoms with van der Waals surface area (Å²) in [6.45, 7) is 1.11. The van der Waals surface area contributed by atoms with Gasteiger partial charge in [-0.15, -0.1) is 0 Å². The van der Waals surface area contributed by atoms with Crippen LogP contribution in [-0.2, 0) is 24.4 Å². The molecule has 2 aromatic carbocycles. The first-order chi connectivity index (χ1) is 21.4. The number of rotatable bonds is 9. The van der Waals surface area contributed by atoms with E-state index in [0.717, 1.165) is 49.9 Å². The average molecular weight is 607 g/mol. The molecular weight excluding hydrogens is 570 g/mol. The van der Waals surface area contributed by atoms with Gasteiger partial charge in [0.05, 0.1) is 13.2 Å². The highest BCUT2D eigenvalue weighted by atomic mass is 19.1. The Balaban J connectivity index is 1.40. The molecule has 2 fully saturated rings. The second kappa shape index (κ2) is 12.9. The van der Waals surface area contributed by atoms with Crippen molar-refractivity contribution in [3.63, 3.8) is 0 Å². The number of nitrogens with zero attached hydrogens (tertiary/aromatic N) is 3. The van der Waals surface area contributed by atoms with E-state index in [1.54, 1.807) is 4.57 Å². The molecule has 44 heavy (non-hydrogen) atoms. The number of ether oxygens (including phenoxy) is 2. The molecule has 6 rings (SSSR count). The Kier molecular flexibility index (Phi) is 8.76. The van der Waals surface area contributed by atoms with Gasteiger partial charge < -0.3 is 23.8 Å². The third kappa shape index (κ3) is 5.86. The van der Waals surface area contributed by atoms with Gasteiger partial charge in [0.15, 0.2) is 11.4 Å². The monoisotopic (exact) mass is 606 g/mol. The zero-order valence-corrected chi connectivity index (χ0v) is 24.6. The van der Waals surface area contributed by atoms with E-state index in [1.807, 2.05) is 35.2 Å². The lowest BCUT2D eigenvalue weighted by atomic mass is 9.81. The van der Waals surface area contributed by atoms with Gasteiger partial charge in [-0.2, -0.15) is 0 Å². The van der Waals surface area contributed by atoms with Gasteiger partial charge in [-0.25, -0.2) is 8.78 Å². The van der Waals surface area contributed by atoms with Gasteiger partial charge >= 0.3 is 0 Å². The molecule has 3 heterocycles. The molecule has 0 bridgehead atoms. The summed E-state index contributed by atoms with van der Waals surface area (Å²) in [4.78, 5) is 45.5. The molecule has 3 atom stereocenters. The van der Waals surface area contributed by atoms with Crippen LogP contribution in [-0.4, -0.2) is 65.2 Å². The number of nitrogens with one attached hydrogen (secondary N) is 1. The van der Waals surface area contributed by atoms with Crippen molar-refractivity contribution in [1.29, 1.82) is 0 Å². The molecule has 1 aliphatic carbocycles. The van der Waals surface area contributed by atoms with Crippen molar-refractivity contribution in [3.05, 3.63) is 99.0 Å². The number of amides is 2. The number of carbonyl (C=O) groups excluding carboxylic acids is 2. The van der Waals surface area contributed by atoms with E-state index in [9.17, 15) is 23.2 Å². The maximum Gasteiger partial charge on any atom is 0.276 e. The zero-order valence-electron chi connectivity index (χ0n) is 24.6. The minimum atomic E-state index is -0.802. The largest absolute Gasteiger partial charge is 0.483 e. The van der Waals surface area contributed by atoms with Crippen molar-refractivity contribution >= 4 is 11.8 Å². The number of carbonyl (C=O) groups is 2. The Morgan fingerprint density at radius 1 is 1.09 bits per heavy atom. The van der Waals surface area contributed by atoms with Crippen molar-refractivity contribution in [1.82, 2.24) is 19.7 Å². The fourth-order valence-electron chi connectivity index (χ4n) is 6.66. The first-order valence-corrected chi connectivity index (χ1v) is 15.1. The molecule has 1 saturated carbocycles.